The van der Waals surface area contributed by atoms with E-state index in [9.17, 15) is 9.90 Å². The Morgan fingerprint density at radius 1 is 1.28 bits per heavy atom. The summed E-state index contributed by atoms with van der Waals surface area (Å²) in [7, 11) is 0. The number of carbonyl (C=O) groups is 1. The summed E-state index contributed by atoms with van der Waals surface area (Å²) in [5, 5.41) is 12.5. The van der Waals surface area contributed by atoms with Crippen molar-refractivity contribution in [2.45, 2.75) is 52.6 Å². The predicted molar refractivity (Wildman–Crippen MR) is 73.7 cm³/mol. The zero-order valence-electron chi connectivity index (χ0n) is 11.7. The summed E-state index contributed by atoms with van der Waals surface area (Å²) in [6.45, 7) is 8.45. The van der Waals surface area contributed by atoms with Gasteiger partial charge in [-0.15, -0.1) is 0 Å². The van der Waals surface area contributed by atoms with Crippen LogP contribution < -0.4 is 5.32 Å². The van der Waals surface area contributed by atoms with Crippen LogP contribution in [0.5, 0.6) is 0 Å². The Morgan fingerprint density at radius 3 is 2.28 bits per heavy atom. The number of aryl methyl sites for hydroxylation is 2. The van der Waals surface area contributed by atoms with Crippen LogP contribution in [-0.2, 0) is 11.3 Å². The summed E-state index contributed by atoms with van der Waals surface area (Å²) in [5.41, 5.74) is 2.71. The van der Waals surface area contributed by atoms with Gasteiger partial charge in [-0.2, -0.15) is 0 Å². The van der Waals surface area contributed by atoms with E-state index in [0.717, 1.165) is 12.0 Å². The first-order chi connectivity index (χ1) is 8.37. The van der Waals surface area contributed by atoms with Gasteiger partial charge in [-0.1, -0.05) is 42.7 Å². The number of rotatable bonds is 6. The number of carboxylic acid groups (broad SMARTS) is 1. The van der Waals surface area contributed by atoms with E-state index < -0.39 is 11.5 Å². The molecule has 0 spiro atoms. The third-order valence-electron chi connectivity index (χ3n) is 3.19. The lowest BCUT2D eigenvalue weighted by Gasteiger charge is -2.26. The van der Waals surface area contributed by atoms with Crippen LogP contribution in [0.15, 0.2) is 18.2 Å². The van der Waals surface area contributed by atoms with E-state index in [1.807, 2.05) is 6.92 Å². The number of hydrogen-bond acceptors (Lipinski definition) is 2. The van der Waals surface area contributed by atoms with Crippen molar-refractivity contribution in [1.82, 2.24) is 5.32 Å². The largest absolute Gasteiger partial charge is 0.480 e. The predicted octanol–water partition coefficient (Wildman–Crippen LogP) is 3.04. The standard InChI is InChI=1S/C15H23NO2/c1-5-6-15(4,14(17)18)16-10-13-8-11(2)7-12(3)9-13/h7-9,16H,5-6,10H2,1-4H3,(H,17,18). The van der Waals surface area contributed by atoms with Crippen molar-refractivity contribution >= 4 is 5.97 Å². The van der Waals surface area contributed by atoms with Crippen molar-refractivity contribution in [3.63, 3.8) is 0 Å². The van der Waals surface area contributed by atoms with Gasteiger partial charge in [0.25, 0.3) is 0 Å². The van der Waals surface area contributed by atoms with Crippen molar-refractivity contribution in [3.05, 3.63) is 34.9 Å². The van der Waals surface area contributed by atoms with Gasteiger partial charge >= 0.3 is 5.97 Å². The van der Waals surface area contributed by atoms with Crippen molar-refractivity contribution in [3.8, 4) is 0 Å². The molecule has 1 atom stereocenters. The Morgan fingerprint density at radius 2 is 1.83 bits per heavy atom. The van der Waals surface area contributed by atoms with Crippen molar-refractivity contribution in [1.29, 1.82) is 0 Å². The fourth-order valence-corrected chi connectivity index (χ4v) is 2.24. The minimum absolute atomic E-state index is 0.589. The maximum Gasteiger partial charge on any atom is 0.323 e. The summed E-state index contributed by atoms with van der Waals surface area (Å²) in [6, 6.07) is 6.30. The second kappa shape index (κ2) is 6.01. The third kappa shape index (κ3) is 3.84. The van der Waals surface area contributed by atoms with Crippen LogP contribution in [0.3, 0.4) is 0 Å². The molecule has 0 saturated carbocycles. The highest BCUT2D eigenvalue weighted by molar-refractivity contribution is 5.78. The lowest BCUT2D eigenvalue weighted by molar-refractivity contribution is -0.144. The fourth-order valence-electron chi connectivity index (χ4n) is 2.24. The second-order valence-corrected chi connectivity index (χ2v) is 5.24. The molecule has 0 aromatic heterocycles. The maximum absolute atomic E-state index is 11.3. The van der Waals surface area contributed by atoms with Crippen molar-refractivity contribution in [2.24, 2.45) is 0 Å². The average molecular weight is 249 g/mol. The molecular weight excluding hydrogens is 226 g/mol. The Balaban J connectivity index is 2.76. The normalized spacial score (nSPS) is 14.2. The van der Waals surface area contributed by atoms with Gasteiger partial charge in [-0.05, 0) is 32.8 Å². The molecular formula is C15H23NO2. The highest BCUT2D eigenvalue weighted by atomic mass is 16.4. The summed E-state index contributed by atoms with van der Waals surface area (Å²) in [5.74, 6) is -0.784. The van der Waals surface area contributed by atoms with E-state index in [4.69, 9.17) is 0 Å². The number of nitrogens with one attached hydrogen (secondary N) is 1. The molecule has 18 heavy (non-hydrogen) atoms. The van der Waals surface area contributed by atoms with E-state index in [0.29, 0.717) is 13.0 Å². The minimum atomic E-state index is -0.841. The first-order valence-corrected chi connectivity index (χ1v) is 6.43. The first-order valence-electron chi connectivity index (χ1n) is 6.43. The molecule has 0 aliphatic heterocycles. The van der Waals surface area contributed by atoms with Gasteiger partial charge in [-0.25, -0.2) is 0 Å². The molecule has 0 amide bonds. The SMILES string of the molecule is CCCC(C)(NCc1cc(C)cc(C)c1)C(=O)O. The van der Waals surface area contributed by atoms with Crippen LogP contribution in [0.1, 0.15) is 43.4 Å². The highest BCUT2D eigenvalue weighted by Crippen LogP contribution is 2.15. The highest BCUT2D eigenvalue weighted by Gasteiger charge is 2.31. The van der Waals surface area contributed by atoms with E-state index >= 15 is 0 Å². The van der Waals surface area contributed by atoms with Gasteiger partial charge in [-0.3, -0.25) is 10.1 Å². The van der Waals surface area contributed by atoms with E-state index in [2.05, 4.69) is 37.4 Å². The third-order valence-corrected chi connectivity index (χ3v) is 3.19. The molecule has 1 rings (SSSR count). The van der Waals surface area contributed by atoms with Crippen LogP contribution >= 0.6 is 0 Å². The molecule has 0 fully saturated rings. The Labute approximate surface area is 109 Å². The number of hydrogen-bond donors (Lipinski definition) is 2. The number of aliphatic carboxylic acids is 1. The number of carboxylic acids is 1. The molecule has 0 saturated heterocycles. The molecule has 0 heterocycles. The molecule has 1 unspecified atom stereocenters. The molecule has 3 nitrogen and oxygen atoms in total. The summed E-state index contributed by atoms with van der Waals surface area (Å²) >= 11 is 0. The minimum Gasteiger partial charge on any atom is -0.480 e. The van der Waals surface area contributed by atoms with E-state index in [-0.39, 0.29) is 0 Å². The van der Waals surface area contributed by atoms with Gasteiger partial charge in [0.05, 0.1) is 0 Å². The van der Waals surface area contributed by atoms with Gasteiger partial charge < -0.3 is 5.11 Å². The molecule has 0 radical (unpaired) electrons. The lowest BCUT2D eigenvalue weighted by Crippen LogP contribution is -2.48. The monoisotopic (exact) mass is 249 g/mol. The first kappa shape index (κ1) is 14.7. The van der Waals surface area contributed by atoms with Gasteiger partial charge in [0, 0.05) is 6.54 Å². The Hall–Kier alpha value is -1.35. The zero-order chi connectivity index (χ0) is 13.8. The van der Waals surface area contributed by atoms with Crippen LogP contribution in [-0.4, -0.2) is 16.6 Å². The summed E-state index contributed by atoms with van der Waals surface area (Å²) in [4.78, 5) is 11.3. The van der Waals surface area contributed by atoms with Crippen molar-refractivity contribution in [2.75, 3.05) is 0 Å². The van der Waals surface area contributed by atoms with Gasteiger partial charge in [0.2, 0.25) is 0 Å². The van der Waals surface area contributed by atoms with Crippen LogP contribution in [0, 0.1) is 13.8 Å². The molecule has 2 N–H and O–H groups in total. The van der Waals surface area contributed by atoms with E-state index in [1.165, 1.54) is 11.1 Å². The topological polar surface area (TPSA) is 49.3 Å². The van der Waals surface area contributed by atoms with Gasteiger partial charge in [0.1, 0.15) is 5.54 Å². The second-order valence-electron chi connectivity index (χ2n) is 5.24. The summed E-state index contributed by atoms with van der Waals surface area (Å²) in [6.07, 6.45) is 1.48. The Bertz CT molecular complexity index is 408. The molecule has 0 aliphatic rings. The van der Waals surface area contributed by atoms with Gasteiger partial charge in [0.15, 0.2) is 0 Å². The maximum atomic E-state index is 11.3. The van der Waals surface area contributed by atoms with Crippen LogP contribution in [0.2, 0.25) is 0 Å². The molecule has 0 bridgehead atoms. The molecule has 1 aromatic carbocycles. The molecule has 1 aromatic rings. The zero-order valence-corrected chi connectivity index (χ0v) is 11.7. The lowest BCUT2D eigenvalue weighted by atomic mass is 9.95. The van der Waals surface area contributed by atoms with Crippen molar-refractivity contribution < 1.29 is 9.90 Å². The smallest absolute Gasteiger partial charge is 0.323 e. The van der Waals surface area contributed by atoms with Crippen LogP contribution in [0.25, 0.3) is 0 Å². The molecule has 0 aliphatic carbocycles. The van der Waals surface area contributed by atoms with E-state index in [1.54, 1.807) is 6.92 Å². The molecule has 3 heteroatoms. The quantitative estimate of drug-likeness (QED) is 0.814. The number of benzene rings is 1. The van der Waals surface area contributed by atoms with Crippen LogP contribution in [0.4, 0.5) is 0 Å². The average Bonchev–Trinajstić information content (AvgIpc) is 2.25. The fraction of sp³-hybridized carbons (Fsp3) is 0.533. The Kier molecular flexibility index (Phi) is 4.91. The molecule has 100 valence electrons. The summed E-state index contributed by atoms with van der Waals surface area (Å²) < 4.78 is 0.